The molecule has 9 nitrogen and oxygen atoms in total. The van der Waals surface area contributed by atoms with Gasteiger partial charge in [0.05, 0.1) is 31.1 Å². The standard InChI is InChI=1S/C30H37ClFNO8/c1-29(2,3)40-27(35)33-17-24(38-28(36)41-30(4,5)6)26(23(33)15-18-8-11-20(37-7)12-9-18)39-25(34)16-19-10-13-22(32)21(31)14-19/h8-14,23-24,26H,15-17H2,1-7H3/t23-,24+,26+/m1/s1. The minimum Gasteiger partial charge on any atom is -0.497 e. The smallest absolute Gasteiger partial charge is 0.497 e. The van der Waals surface area contributed by atoms with Gasteiger partial charge in [-0.1, -0.05) is 29.8 Å². The van der Waals surface area contributed by atoms with Crippen LogP contribution in [0, 0.1) is 5.82 Å². The molecule has 2 aromatic rings. The highest BCUT2D eigenvalue weighted by Crippen LogP contribution is 2.31. The lowest BCUT2D eigenvalue weighted by molar-refractivity contribution is -0.155. The number of esters is 1. The minimum atomic E-state index is -1.07. The van der Waals surface area contributed by atoms with Crippen LogP contribution in [0.3, 0.4) is 0 Å². The molecular formula is C30H37ClFNO8. The maximum Gasteiger partial charge on any atom is 0.509 e. The summed E-state index contributed by atoms with van der Waals surface area (Å²) in [6.07, 6.45) is -3.72. The Morgan fingerprint density at radius 1 is 0.927 bits per heavy atom. The number of amides is 1. The van der Waals surface area contributed by atoms with E-state index in [1.54, 1.807) is 60.8 Å². The molecule has 11 heteroatoms. The van der Waals surface area contributed by atoms with Crippen molar-refractivity contribution in [2.45, 2.75) is 83.8 Å². The number of hydrogen-bond acceptors (Lipinski definition) is 8. The number of likely N-dealkylation sites (tertiary alicyclic amines) is 1. The van der Waals surface area contributed by atoms with E-state index in [1.165, 1.54) is 17.0 Å². The molecule has 0 aromatic heterocycles. The average molecular weight is 594 g/mol. The van der Waals surface area contributed by atoms with Crippen molar-refractivity contribution in [3.8, 4) is 5.75 Å². The van der Waals surface area contributed by atoms with Crippen LogP contribution in [0.15, 0.2) is 42.5 Å². The van der Waals surface area contributed by atoms with Crippen molar-refractivity contribution < 1.29 is 42.5 Å². The Balaban J connectivity index is 1.94. The number of ether oxygens (including phenoxy) is 5. The summed E-state index contributed by atoms with van der Waals surface area (Å²) in [7, 11) is 1.55. The first-order chi connectivity index (χ1) is 19.0. The van der Waals surface area contributed by atoms with Crippen molar-refractivity contribution in [3.05, 3.63) is 64.4 Å². The molecular weight excluding hydrogens is 557 g/mol. The molecule has 3 rings (SSSR count). The molecule has 0 unspecified atom stereocenters. The van der Waals surface area contributed by atoms with Crippen molar-refractivity contribution in [2.24, 2.45) is 0 Å². The monoisotopic (exact) mass is 593 g/mol. The molecule has 0 radical (unpaired) electrons. The Kier molecular flexibility index (Phi) is 10.1. The van der Waals surface area contributed by atoms with Crippen LogP contribution in [0.4, 0.5) is 14.0 Å². The van der Waals surface area contributed by atoms with E-state index in [2.05, 4.69) is 0 Å². The van der Waals surface area contributed by atoms with Crippen molar-refractivity contribution >= 4 is 29.8 Å². The van der Waals surface area contributed by atoms with Gasteiger partial charge in [-0.2, -0.15) is 0 Å². The van der Waals surface area contributed by atoms with Gasteiger partial charge >= 0.3 is 18.2 Å². The number of halogens is 2. The Bertz CT molecular complexity index is 1240. The van der Waals surface area contributed by atoms with Gasteiger partial charge in [0.1, 0.15) is 22.8 Å². The summed E-state index contributed by atoms with van der Waals surface area (Å²) in [6, 6.07) is 10.4. The van der Waals surface area contributed by atoms with Crippen LogP contribution in [-0.4, -0.2) is 66.2 Å². The average Bonchev–Trinajstić information content (AvgIpc) is 3.16. The second-order valence-corrected chi connectivity index (χ2v) is 12.2. The van der Waals surface area contributed by atoms with E-state index in [1.807, 2.05) is 12.1 Å². The van der Waals surface area contributed by atoms with Gasteiger partial charge in [0.15, 0.2) is 12.2 Å². The highest BCUT2D eigenvalue weighted by molar-refractivity contribution is 6.30. The van der Waals surface area contributed by atoms with Gasteiger partial charge in [-0.15, -0.1) is 0 Å². The first-order valence-corrected chi connectivity index (χ1v) is 13.6. The van der Waals surface area contributed by atoms with Gasteiger partial charge in [-0.25, -0.2) is 14.0 Å². The Hall–Kier alpha value is -3.53. The predicted octanol–water partition coefficient (Wildman–Crippen LogP) is 6.12. The fourth-order valence-electron chi connectivity index (χ4n) is 4.28. The van der Waals surface area contributed by atoms with Crippen LogP contribution in [0.25, 0.3) is 0 Å². The molecule has 1 aliphatic rings. The van der Waals surface area contributed by atoms with Crippen LogP contribution in [-0.2, 0) is 36.6 Å². The number of carbonyl (C=O) groups is 3. The number of nitrogens with zero attached hydrogens (tertiary/aromatic N) is 1. The number of benzene rings is 2. The fraction of sp³-hybridized carbons (Fsp3) is 0.500. The molecule has 224 valence electrons. The molecule has 41 heavy (non-hydrogen) atoms. The van der Waals surface area contributed by atoms with Crippen molar-refractivity contribution in [1.82, 2.24) is 4.90 Å². The summed E-state index contributed by atoms with van der Waals surface area (Å²) in [5.41, 5.74) is -0.398. The topological polar surface area (TPSA) is 101 Å². The second-order valence-electron chi connectivity index (χ2n) is 11.8. The van der Waals surface area contributed by atoms with E-state index in [4.69, 9.17) is 35.3 Å². The molecule has 1 heterocycles. The lowest BCUT2D eigenvalue weighted by Crippen LogP contribution is -2.45. The molecule has 0 N–H and O–H groups in total. The maximum atomic E-state index is 13.6. The molecule has 0 saturated carbocycles. The summed E-state index contributed by atoms with van der Waals surface area (Å²) in [4.78, 5) is 40.5. The van der Waals surface area contributed by atoms with Crippen molar-refractivity contribution in [3.63, 3.8) is 0 Å². The van der Waals surface area contributed by atoms with E-state index in [-0.39, 0.29) is 24.4 Å². The zero-order chi connectivity index (χ0) is 30.5. The van der Waals surface area contributed by atoms with E-state index >= 15 is 0 Å². The lowest BCUT2D eigenvalue weighted by Gasteiger charge is -2.30. The Morgan fingerprint density at radius 2 is 1.54 bits per heavy atom. The first-order valence-electron chi connectivity index (χ1n) is 13.2. The lowest BCUT2D eigenvalue weighted by atomic mass is 10.0. The number of carbonyl (C=O) groups excluding carboxylic acids is 3. The van der Waals surface area contributed by atoms with Gasteiger partial charge in [-0.05, 0) is 83.4 Å². The molecule has 0 spiro atoms. The summed E-state index contributed by atoms with van der Waals surface area (Å²) in [5, 5.41) is -0.129. The Labute approximate surface area is 244 Å². The molecule has 1 saturated heterocycles. The van der Waals surface area contributed by atoms with Crippen molar-refractivity contribution in [1.29, 1.82) is 0 Å². The summed E-state index contributed by atoms with van der Waals surface area (Å²) in [6.45, 7) is 10.2. The maximum absolute atomic E-state index is 13.6. The van der Waals surface area contributed by atoms with Gasteiger partial charge in [-0.3, -0.25) is 9.69 Å². The third-order valence-electron chi connectivity index (χ3n) is 5.99. The van der Waals surface area contributed by atoms with Gasteiger partial charge in [0, 0.05) is 0 Å². The van der Waals surface area contributed by atoms with Crippen LogP contribution >= 0.6 is 11.6 Å². The summed E-state index contributed by atoms with van der Waals surface area (Å²) in [5.74, 6) is -0.643. The largest absolute Gasteiger partial charge is 0.509 e. The summed E-state index contributed by atoms with van der Waals surface area (Å²) >= 11 is 5.88. The Morgan fingerprint density at radius 3 is 2.10 bits per heavy atom. The quantitative estimate of drug-likeness (QED) is 0.279. The SMILES string of the molecule is COc1ccc(C[C@@H]2[C@H](OC(=O)Cc3ccc(F)c(Cl)c3)[C@@H](OC(=O)OC(C)(C)C)CN2C(=O)OC(C)(C)C)cc1. The highest BCUT2D eigenvalue weighted by atomic mass is 35.5. The highest BCUT2D eigenvalue weighted by Gasteiger charge is 2.50. The number of methoxy groups -OCH3 is 1. The van der Waals surface area contributed by atoms with Crippen molar-refractivity contribution in [2.75, 3.05) is 13.7 Å². The zero-order valence-electron chi connectivity index (χ0n) is 24.4. The third kappa shape index (κ3) is 9.52. The van der Waals surface area contributed by atoms with Gasteiger partial charge in [0.25, 0.3) is 0 Å². The van der Waals surface area contributed by atoms with Gasteiger partial charge < -0.3 is 23.7 Å². The number of hydrogen-bond donors (Lipinski definition) is 0. The van der Waals surface area contributed by atoms with Gasteiger partial charge in [0.2, 0.25) is 0 Å². The molecule has 0 bridgehead atoms. The molecule has 3 atom stereocenters. The zero-order valence-corrected chi connectivity index (χ0v) is 25.1. The van der Waals surface area contributed by atoms with Crippen LogP contribution in [0.5, 0.6) is 5.75 Å². The first kappa shape index (κ1) is 32.0. The van der Waals surface area contributed by atoms with E-state index < -0.39 is 53.5 Å². The molecule has 0 aliphatic carbocycles. The predicted molar refractivity (Wildman–Crippen MR) is 150 cm³/mol. The second kappa shape index (κ2) is 13.0. The minimum absolute atomic E-state index is 0.102. The fourth-order valence-corrected chi connectivity index (χ4v) is 4.49. The molecule has 1 amide bonds. The van der Waals surface area contributed by atoms with Crippen LogP contribution in [0.2, 0.25) is 5.02 Å². The van der Waals surface area contributed by atoms with E-state index in [0.717, 1.165) is 11.6 Å². The molecule has 1 aliphatic heterocycles. The number of rotatable bonds is 7. The summed E-state index contributed by atoms with van der Waals surface area (Å²) < 4.78 is 41.3. The van der Waals surface area contributed by atoms with E-state index in [9.17, 15) is 18.8 Å². The van der Waals surface area contributed by atoms with Crippen LogP contribution in [0.1, 0.15) is 52.7 Å². The third-order valence-corrected chi connectivity index (χ3v) is 6.28. The normalized spacial score (nSPS) is 19.0. The molecule has 1 fully saturated rings. The van der Waals surface area contributed by atoms with Crippen LogP contribution < -0.4 is 4.74 Å². The van der Waals surface area contributed by atoms with E-state index in [0.29, 0.717) is 11.3 Å². The molecule has 2 aromatic carbocycles.